The first-order valence-electron chi connectivity index (χ1n) is 6.12. The summed E-state index contributed by atoms with van der Waals surface area (Å²) in [5.74, 6) is 0.487. The Balaban J connectivity index is 2.05. The number of carbonyl (C=O) groups excluding carboxylic acids is 1. The van der Waals surface area contributed by atoms with Gasteiger partial charge in [-0.05, 0) is 19.8 Å². The van der Waals surface area contributed by atoms with Crippen molar-refractivity contribution in [2.75, 3.05) is 5.32 Å². The molecule has 0 spiro atoms. The van der Waals surface area contributed by atoms with Crippen LogP contribution in [-0.2, 0) is 11.8 Å². The average molecular weight is 236 g/mol. The van der Waals surface area contributed by atoms with Gasteiger partial charge in [0.2, 0.25) is 5.91 Å². The van der Waals surface area contributed by atoms with Gasteiger partial charge >= 0.3 is 0 Å². The lowest BCUT2D eigenvalue weighted by Crippen LogP contribution is -2.52. The standard InChI is InChI=1S/C12H20N4O/c1-9-8-10(15-16(9)2)14-11(17)12(13)6-4-3-5-7-12/h8H,3-7,13H2,1-2H3,(H,14,15,17). The molecular formula is C12H20N4O. The van der Waals surface area contributed by atoms with Crippen molar-refractivity contribution in [3.8, 4) is 0 Å². The van der Waals surface area contributed by atoms with Crippen LogP contribution in [0.4, 0.5) is 5.82 Å². The summed E-state index contributed by atoms with van der Waals surface area (Å²) in [6.07, 6.45) is 4.78. The molecule has 0 saturated heterocycles. The van der Waals surface area contributed by atoms with Crippen LogP contribution in [0.3, 0.4) is 0 Å². The molecule has 94 valence electrons. The highest BCUT2D eigenvalue weighted by Gasteiger charge is 2.35. The second-order valence-electron chi connectivity index (χ2n) is 4.97. The van der Waals surface area contributed by atoms with E-state index in [4.69, 9.17) is 5.73 Å². The molecule has 3 N–H and O–H groups in total. The highest BCUT2D eigenvalue weighted by Crippen LogP contribution is 2.27. The molecule has 1 aliphatic rings. The zero-order chi connectivity index (χ0) is 12.5. The van der Waals surface area contributed by atoms with Gasteiger partial charge in [-0.1, -0.05) is 19.3 Å². The van der Waals surface area contributed by atoms with Gasteiger partial charge in [0.25, 0.3) is 0 Å². The number of nitrogens with one attached hydrogen (secondary N) is 1. The van der Waals surface area contributed by atoms with Gasteiger partial charge in [0, 0.05) is 18.8 Å². The first-order valence-corrected chi connectivity index (χ1v) is 6.12. The largest absolute Gasteiger partial charge is 0.317 e. The van der Waals surface area contributed by atoms with E-state index >= 15 is 0 Å². The fraction of sp³-hybridized carbons (Fsp3) is 0.667. The number of carbonyl (C=O) groups is 1. The van der Waals surface area contributed by atoms with Crippen molar-refractivity contribution in [1.29, 1.82) is 0 Å². The van der Waals surface area contributed by atoms with Gasteiger partial charge in [-0.15, -0.1) is 0 Å². The predicted molar refractivity (Wildman–Crippen MR) is 66.6 cm³/mol. The maximum atomic E-state index is 12.1. The molecule has 0 bridgehead atoms. The second-order valence-corrected chi connectivity index (χ2v) is 4.97. The van der Waals surface area contributed by atoms with Crippen LogP contribution in [0, 0.1) is 6.92 Å². The Morgan fingerprint density at radius 1 is 1.47 bits per heavy atom. The Kier molecular flexibility index (Phi) is 3.19. The van der Waals surface area contributed by atoms with E-state index in [1.807, 2.05) is 20.0 Å². The van der Waals surface area contributed by atoms with E-state index in [1.54, 1.807) is 4.68 Å². The number of rotatable bonds is 2. The van der Waals surface area contributed by atoms with Crippen molar-refractivity contribution in [2.45, 2.75) is 44.6 Å². The molecule has 0 radical (unpaired) electrons. The van der Waals surface area contributed by atoms with E-state index in [0.717, 1.165) is 31.4 Å². The molecule has 0 aliphatic heterocycles. The number of aromatic nitrogens is 2. The van der Waals surface area contributed by atoms with Crippen LogP contribution in [-0.4, -0.2) is 21.2 Å². The molecule has 0 aromatic carbocycles. The van der Waals surface area contributed by atoms with Crippen LogP contribution in [0.1, 0.15) is 37.8 Å². The molecule has 1 heterocycles. The first-order chi connectivity index (χ1) is 8.01. The third-order valence-corrected chi connectivity index (χ3v) is 3.55. The third-order valence-electron chi connectivity index (χ3n) is 3.55. The molecule has 1 amide bonds. The maximum Gasteiger partial charge on any atom is 0.245 e. The number of nitrogens with zero attached hydrogens (tertiary/aromatic N) is 2. The monoisotopic (exact) mass is 236 g/mol. The average Bonchev–Trinajstić information content (AvgIpc) is 2.59. The minimum atomic E-state index is -0.705. The van der Waals surface area contributed by atoms with Crippen molar-refractivity contribution >= 4 is 11.7 Å². The van der Waals surface area contributed by atoms with E-state index < -0.39 is 5.54 Å². The van der Waals surface area contributed by atoms with Crippen LogP contribution < -0.4 is 11.1 Å². The van der Waals surface area contributed by atoms with Crippen LogP contribution >= 0.6 is 0 Å². The number of amides is 1. The summed E-state index contributed by atoms with van der Waals surface area (Å²) in [7, 11) is 1.85. The Morgan fingerprint density at radius 3 is 2.65 bits per heavy atom. The molecule has 2 rings (SSSR count). The van der Waals surface area contributed by atoms with Crippen molar-refractivity contribution < 1.29 is 4.79 Å². The van der Waals surface area contributed by atoms with Crippen molar-refractivity contribution in [1.82, 2.24) is 9.78 Å². The summed E-state index contributed by atoms with van der Waals surface area (Å²) in [4.78, 5) is 12.1. The van der Waals surface area contributed by atoms with Gasteiger partial charge in [0.15, 0.2) is 5.82 Å². The van der Waals surface area contributed by atoms with E-state index in [1.165, 1.54) is 6.42 Å². The summed E-state index contributed by atoms with van der Waals surface area (Å²) in [5.41, 5.74) is 6.45. The number of hydrogen-bond acceptors (Lipinski definition) is 3. The van der Waals surface area contributed by atoms with Gasteiger partial charge in [-0.25, -0.2) is 0 Å². The van der Waals surface area contributed by atoms with E-state index in [2.05, 4.69) is 10.4 Å². The summed E-state index contributed by atoms with van der Waals surface area (Å²) < 4.78 is 1.74. The lowest BCUT2D eigenvalue weighted by atomic mass is 9.82. The van der Waals surface area contributed by atoms with Crippen molar-refractivity contribution in [3.05, 3.63) is 11.8 Å². The molecular weight excluding hydrogens is 216 g/mol. The molecule has 0 atom stereocenters. The summed E-state index contributed by atoms with van der Waals surface area (Å²) in [6.45, 7) is 1.95. The molecule has 5 nitrogen and oxygen atoms in total. The summed E-state index contributed by atoms with van der Waals surface area (Å²) in [6, 6.07) is 1.85. The number of anilines is 1. The zero-order valence-corrected chi connectivity index (χ0v) is 10.5. The van der Waals surface area contributed by atoms with Gasteiger partial charge < -0.3 is 11.1 Å². The molecule has 17 heavy (non-hydrogen) atoms. The van der Waals surface area contributed by atoms with Crippen molar-refractivity contribution in [2.24, 2.45) is 12.8 Å². The lowest BCUT2D eigenvalue weighted by molar-refractivity contribution is -0.122. The Bertz CT molecular complexity index is 399. The molecule has 1 saturated carbocycles. The molecule has 5 heteroatoms. The summed E-state index contributed by atoms with van der Waals surface area (Å²) in [5, 5.41) is 7.02. The Morgan fingerprint density at radius 2 is 2.12 bits per heavy atom. The normalized spacial score (nSPS) is 19.0. The minimum Gasteiger partial charge on any atom is -0.317 e. The Hall–Kier alpha value is -1.36. The molecule has 0 unspecified atom stereocenters. The molecule has 1 aliphatic carbocycles. The second kappa shape index (κ2) is 4.49. The molecule has 1 fully saturated rings. The smallest absolute Gasteiger partial charge is 0.245 e. The lowest BCUT2D eigenvalue weighted by Gasteiger charge is -2.31. The molecule has 1 aromatic heterocycles. The first kappa shape index (κ1) is 12.1. The van der Waals surface area contributed by atoms with Gasteiger partial charge in [-0.2, -0.15) is 5.10 Å². The van der Waals surface area contributed by atoms with E-state index in [9.17, 15) is 4.79 Å². The van der Waals surface area contributed by atoms with Gasteiger partial charge in [0.1, 0.15) is 0 Å². The fourth-order valence-corrected chi connectivity index (χ4v) is 2.27. The van der Waals surface area contributed by atoms with Gasteiger partial charge in [0.05, 0.1) is 5.54 Å². The quantitative estimate of drug-likeness (QED) is 0.813. The van der Waals surface area contributed by atoms with Crippen LogP contribution in [0.25, 0.3) is 0 Å². The Labute approximate surface area is 101 Å². The zero-order valence-electron chi connectivity index (χ0n) is 10.5. The number of nitrogens with two attached hydrogens (primary N) is 1. The van der Waals surface area contributed by atoms with Crippen LogP contribution in [0.2, 0.25) is 0 Å². The van der Waals surface area contributed by atoms with Crippen molar-refractivity contribution in [3.63, 3.8) is 0 Å². The number of hydrogen-bond donors (Lipinski definition) is 2. The topological polar surface area (TPSA) is 72.9 Å². The predicted octanol–water partition coefficient (Wildman–Crippen LogP) is 1.33. The van der Waals surface area contributed by atoms with Crippen LogP contribution in [0.15, 0.2) is 6.07 Å². The SMILES string of the molecule is Cc1cc(NC(=O)C2(N)CCCCC2)nn1C. The third kappa shape index (κ3) is 2.49. The highest BCUT2D eigenvalue weighted by atomic mass is 16.2. The molecule has 1 aromatic rings. The minimum absolute atomic E-state index is 0.102. The fourth-order valence-electron chi connectivity index (χ4n) is 2.27. The van der Waals surface area contributed by atoms with E-state index in [0.29, 0.717) is 5.82 Å². The highest BCUT2D eigenvalue weighted by molar-refractivity contribution is 5.97. The van der Waals surface area contributed by atoms with Crippen LogP contribution in [0.5, 0.6) is 0 Å². The maximum absolute atomic E-state index is 12.1. The summed E-state index contributed by atoms with van der Waals surface area (Å²) >= 11 is 0. The van der Waals surface area contributed by atoms with E-state index in [-0.39, 0.29) is 5.91 Å². The van der Waals surface area contributed by atoms with Gasteiger partial charge in [-0.3, -0.25) is 9.48 Å². The number of aryl methyl sites for hydroxylation is 2.